The van der Waals surface area contributed by atoms with Crippen molar-refractivity contribution < 1.29 is 22.9 Å². The number of esters is 1. The summed E-state index contributed by atoms with van der Waals surface area (Å²) in [4.78, 5) is 21.9. The highest BCUT2D eigenvalue weighted by Gasteiger charge is 2.31. The second-order valence-corrected chi connectivity index (χ2v) is 7.41. The van der Waals surface area contributed by atoms with Gasteiger partial charge in [0.15, 0.2) is 4.90 Å². The first kappa shape index (κ1) is 18.9. The van der Waals surface area contributed by atoms with Crippen LogP contribution < -0.4 is 0 Å². The summed E-state index contributed by atoms with van der Waals surface area (Å²) in [7, 11) is -4.42. The third kappa shape index (κ3) is 3.83. The molecule has 0 radical (unpaired) electrons. The lowest BCUT2D eigenvalue weighted by atomic mass is 10.3. The molecule has 10 heteroatoms. The lowest BCUT2D eigenvalue weighted by Gasteiger charge is -2.13. The SMILES string of the molecule is CCC(C)OC(=O)c1cccn1S(=O)(=O)c1cc(Cl)ccc1[N+](=O)[O-]. The van der Waals surface area contributed by atoms with Crippen LogP contribution in [0.25, 0.3) is 0 Å². The van der Waals surface area contributed by atoms with Crippen molar-refractivity contribution in [1.82, 2.24) is 3.97 Å². The van der Waals surface area contributed by atoms with Crippen LogP contribution in [-0.4, -0.2) is 29.4 Å². The van der Waals surface area contributed by atoms with Crippen molar-refractivity contribution in [3.8, 4) is 0 Å². The third-order valence-electron chi connectivity index (χ3n) is 3.46. The molecule has 1 atom stereocenters. The molecule has 0 aliphatic carbocycles. The Bertz CT molecular complexity index is 922. The molecule has 0 amide bonds. The molecule has 8 nitrogen and oxygen atoms in total. The lowest BCUT2D eigenvalue weighted by Crippen LogP contribution is -2.22. The number of ether oxygens (including phenoxy) is 1. The monoisotopic (exact) mass is 386 g/mol. The first-order chi connectivity index (χ1) is 11.7. The van der Waals surface area contributed by atoms with E-state index >= 15 is 0 Å². The van der Waals surface area contributed by atoms with Crippen molar-refractivity contribution in [2.75, 3.05) is 0 Å². The second-order valence-electron chi connectivity index (χ2n) is 5.19. The number of carbonyl (C=O) groups excluding carboxylic acids is 1. The normalized spacial score (nSPS) is 12.6. The van der Waals surface area contributed by atoms with Gasteiger partial charge in [0.1, 0.15) is 5.69 Å². The standard InChI is InChI=1S/C15H15ClN2O6S/c1-3-10(2)24-15(19)13-5-4-8-17(13)25(22,23)14-9-11(16)6-7-12(14)18(20)21/h4-10H,3H2,1-2H3. The third-order valence-corrected chi connectivity index (χ3v) is 5.41. The van der Waals surface area contributed by atoms with Gasteiger partial charge in [0, 0.05) is 17.3 Å². The molecule has 134 valence electrons. The van der Waals surface area contributed by atoms with E-state index < -0.39 is 37.6 Å². The van der Waals surface area contributed by atoms with E-state index in [1.54, 1.807) is 6.92 Å². The van der Waals surface area contributed by atoms with Crippen LogP contribution in [0.4, 0.5) is 5.69 Å². The molecule has 0 aliphatic heterocycles. The molecule has 2 rings (SSSR count). The summed E-state index contributed by atoms with van der Waals surface area (Å²) in [6.07, 6.45) is 1.27. The van der Waals surface area contributed by atoms with E-state index in [0.717, 1.165) is 18.3 Å². The highest BCUT2D eigenvalue weighted by atomic mass is 35.5. The molecule has 1 aromatic carbocycles. The zero-order chi connectivity index (χ0) is 18.8. The zero-order valence-electron chi connectivity index (χ0n) is 13.4. The molecule has 2 aromatic rings. The van der Waals surface area contributed by atoms with Crippen molar-refractivity contribution in [3.05, 3.63) is 57.4 Å². The summed E-state index contributed by atoms with van der Waals surface area (Å²) in [6, 6.07) is 5.78. The van der Waals surface area contributed by atoms with E-state index in [-0.39, 0.29) is 10.7 Å². The number of halogens is 1. The quantitative estimate of drug-likeness (QED) is 0.428. The van der Waals surface area contributed by atoms with Gasteiger partial charge < -0.3 is 4.74 Å². The van der Waals surface area contributed by atoms with Gasteiger partial charge in [-0.25, -0.2) is 17.2 Å². The highest BCUT2D eigenvalue weighted by Crippen LogP contribution is 2.29. The summed E-state index contributed by atoms with van der Waals surface area (Å²) in [5.41, 5.74) is -0.895. The largest absolute Gasteiger partial charge is 0.458 e. The van der Waals surface area contributed by atoms with Gasteiger partial charge in [0.2, 0.25) is 0 Å². The Morgan fingerprint density at radius 3 is 2.68 bits per heavy atom. The summed E-state index contributed by atoms with van der Waals surface area (Å²) in [5.74, 6) is -0.840. The number of nitrogens with zero attached hydrogens (tertiary/aromatic N) is 2. The van der Waals surface area contributed by atoms with E-state index in [9.17, 15) is 23.3 Å². The highest BCUT2D eigenvalue weighted by molar-refractivity contribution is 7.90. The Balaban J connectivity index is 2.57. The molecule has 1 aromatic heterocycles. The molecule has 0 fully saturated rings. The molecular formula is C15H15ClN2O6S. The van der Waals surface area contributed by atoms with Gasteiger partial charge in [-0.3, -0.25) is 10.1 Å². The number of benzene rings is 1. The number of nitro groups is 1. The summed E-state index contributed by atoms with van der Waals surface area (Å²) >= 11 is 5.79. The van der Waals surface area contributed by atoms with Gasteiger partial charge in [-0.15, -0.1) is 0 Å². The average molecular weight is 387 g/mol. The van der Waals surface area contributed by atoms with Gasteiger partial charge in [-0.1, -0.05) is 18.5 Å². The maximum Gasteiger partial charge on any atom is 0.356 e. The molecule has 0 N–H and O–H groups in total. The van der Waals surface area contributed by atoms with Crippen molar-refractivity contribution in [2.24, 2.45) is 0 Å². The summed E-state index contributed by atoms with van der Waals surface area (Å²) < 4.78 is 31.5. The maximum absolute atomic E-state index is 12.8. The Kier molecular flexibility index (Phi) is 5.48. The minimum atomic E-state index is -4.42. The Labute approximate surface area is 149 Å². The predicted octanol–water partition coefficient (Wildman–Crippen LogP) is 3.24. The van der Waals surface area contributed by atoms with E-state index in [1.807, 2.05) is 6.92 Å². The van der Waals surface area contributed by atoms with Crippen LogP contribution in [0, 0.1) is 10.1 Å². The van der Waals surface area contributed by atoms with Crippen molar-refractivity contribution in [3.63, 3.8) is 0 Å². The number of hydrogen-bond donors (Lipinski definition) is 0. The van der Waals surface area contributed by atoms with Gasteiger partial charge >= 0.3 is 5.97 Å². The van der Waals surface area contributed by atoms with Crippen LogP contribution >= 0.6 is 11.6 Å². The van der Waals surface area contributed by atoms with Gasteiger partial charge in [0.05, 0.1) is 11.0 Å². The smallest absolute Gasteiger partial charge is 0.356 e. The Morgan fingerprint density at radius 2 is 2.08 bits per heavy atom. The van der Waals surface area contributed by atoms with E-state index in [1.165, 1.54) is 18.2 Å². The number of hydrogen-bond acceptors (Lipinski definition) is 6. The number of carbonyl (C=O) groups is 1. The Hall–Kier alpha value is -2.39. The average Bonchev–Trinajstić information content (AvgIpc) is 3.04. The number of nitro benzene ring substituents is 1. The fourth-order valence-electron chi connectivity index (χ4n) is 2.01. The zero-order valence-corrected chi connectivity index (χ0v) is 15.0. The molecule has 1 unspecified atom stereocenters. The van der Waals surface area contributed by atoms with Crippen LogP contribution in [-0.2, 0) is 14.8 Å². The van der Waals surface area contributed by atoms with E-state index in [4.69, 9.17) is 16.3 Å². The fraction of sp³-hybridized carbons (Fsp3) is 0.267. The molecule has 1 heterocycles. The van der Waals surface area contributed by atoms with Crippen LogP contribution in [0.15, 0.2) is 41.4 Å². The summed E-state index contributed by atoms with van der Waals surface area (Å²) in [5, 5.41) is 11.2. The van der Waals surface area contributed by atoms with Gasteiger partial charge in [-0.2, -0.15) is 0 Å². The van der Waals surface area contributed by atoms with Crippen LogP contribution in [0.1, 0.15) is 30.8 Å². The molecule has 25 heavy (non-hydrogen) atoms. The Morgan fingerprint density at radius 1 is 1.40 bits per heavy atom. The van der Waals surface area contributed by atoms with E-state index in [2.05, 4.69) is 0 Å². The van der Waals surface area contributed by atoms with Crippen LogP contribution in [0.3, 0.4) is 0 Å². The fourth-order valence-corrected chi connectivity index (χ4v) is 3.77. The minimum Gasteiger partial charge on any atom is -0.458 e. The molecule has 0 saturated carbocycles. The molecular weight excluding hydrogens is 372 g/mol. The van der Waals surface area contributed by atoms with Gasteiger partial charge in [-0.05, 0) is 37.6 Å². The first-order valence-electron chi connectivity index (χ1n) is 7.26. The molecule has 0 aliphatic rings. The second kappa shape index (κ2) is 7.24. The maximum atomic E-state index is 12.8. The lowest BCUT2D eigenvalue weighted by molar-refractivity contribution is -0.387. The van der Waals surface area contributed by atoms with Crippen molar-refractivity contribution in [1.29, 1.82) is 0 Å². The topological polar surface area (TPSA) is 109 Å². The van der Waals surface area contributed by atoms with Crippen molar-refractivity contribution in [2.45, 2.75) is 31.3 Å². The van der Waals surface area contributed by atoms with Crippen molar-refractivity contribution >= 4 is 33.3 Å². The number of rotatable bonds is 6. The number of aromatic nitrogens is 1. The molecule has 0 saturated heterocycles. The minimum absolute atomic E-state index is 0.0139. The molecule has 0 spiro atoms. The van der Waals surface area contributed by atoms with Crippen LogP contribution in [0.2, 0.25) is 5.02 Å². The summed E-state index contributed by atoms with van der Waals surface area (Å²) in [6.45, 7) is 3.48. The predicted molar refractivity (Wildman–Crippen MR) is 90.3 cm³/mol. The molecule has 0 bridgehead atoms. The van der Waals surface area contributed by atoms with E-state index in [0.29, 0.717) is 10.4 Å². The van der Waals surface area contributed by atoms with Crippen LogP contribution in [0.5, 0.6) is 0 Å². The first-order valence-corrected chi connectivity index (χ1v) is 9.08. The van der Waals surface area contributed by atoms with Gasteiger partial charge in [0.25, 0.3) is 15.7 Å².